The van der Waals surface area contributed by atoms with E-state index in [1.807, 2.05) is 4.90 Å². The molecule has 1 aromatic heterocycles. The van der Waals surface area contributed by atoms with Crippen LogP contribution in [0.15, 0.2) is 18.5 Å². The van der Waals surface area contributed by atoms with Crippen LogP contribution in [0, 0.1) is 5.92 Å². The van der Waals surface area contributed by atoms with Crippen LogP contribution in [0.3, 0.4) is 0 Å². The fourth-order valence-electron chi connectivity index (χ4n) is 3.12. The summed E-state index contributed by atoms with van der Waals surface area (Å²) in [5, 5.41) is 10.9. The first-order valence-electron chi connectivity index (χ1n) is 8.04. The van der Waals surface area contributed by atoms with Crippen molar-refractivity contribution in [3.63, 3.8) is 0 Å². The zero-order chi connectivity index (χ0) is 15.6. The first-order valence-corrected chi connectivity index (χ1v) is 8.04. The van der Waals surface area contributed by atoms with E-state index < -0.39 is 5.60 Å². The molecule has 120 valence electrons. The Kier molecular flexibility index (Phi) is 4.29. The predicted octanol–water partition coefficient (Wildman–Crippen LogP) is 1.07. The molecule has 1 aromatic rings. The van der Waals surface area contributed by atoms with Gasteiger partial charge in [-0.25, -0.2) is 9.97 Å². The van der Waals surface area contributed by atoms with E-state index in [1.165, 1.54) is 12.8 Å². The number of aliphatic hydroxyl groups is 1. The standard InChI is InChI=1S/C16H24N4O2/c1-19(14(21)10-13-4-5-13)11-16(22)6-2-9-20(12-16)15-17-7-3-8-18-15/h3,7-8,13,22H,2,4-6,9-12H2,1H3/t16-/m0/s1. The molecule has 1 aliphatic carbocycles. The van der Waals surface area contributed by atoms with Gasteiger partial charge in [0, 0.05) is 32.4 Å². The molecular formula is C16H24N4O2. The van der Waals surface area contributed by atoms with Crippen LogP contribution in [-0.2, 0) is 4.79 Å². The Labute approximate surface area is 131 Å². The molecule has 1 amide bonds. The maximum Gasteiger partial charge on any atom is 0.225 e. The summed E-state index contributed by atoms with van der Waals surface area (Å²) in [6.07, 6.45) is 7.96. The second-order valence-corrected chi connectivity index (χ2v) is 6.70. The van der Waals surface area contributed by atoms with Gasteiger partial charge in [0.15, 0.2) is 0 Å². The lowest BCUT2D eigenvalue weighted by Gasteiger charge is -2.41. The minimum atomic E-state index is -0.884. The van der Waals surface area contributed by atoms with Crippen molar-refractivity contribution in [2.24, 2.45) is 5.92 Å². The molecule has 0 aromatic carbocycles. The number of β-amino-alcohol motifs (C(OH)–C–C–N with tert-alkyl or cyclic N) is 1. The van der Waals surface area contributed by atoms with Crippen LogP contribution in [0.4, 0.5) is 5.95 Å². The largest absolute Gasteiger partial charge is 0.386 e. The van der Waals surface area contributed by atoms with Crippen LogP contribution < -0.4 is 4.90 Å². The maximum absolute atomic E-state index is 12.1. The number of amides is 1. The summed E-state index contributed by atoms with van der Waals surface area (Å²) < 4.78 is 0. The van der Waals surface area contributed by atoms with Gasteiger partial charge in [-0.2, -0.15) is 0 Å². The molecule has 1 saturated heterocycles. The summed E-state index contributed by atoms with van der Waals surface area (Å²) in [7, 11) is 1.79. The van der Waals surface area contributed by atoms with Crippen molar-refractivity contribution >= 4 is 11.9 Å². The van der Waals surface area contributed by atoms with Crippen molar-refractivity contribution in [1.82, 2.24) is 14.9 Å². The zero-order valence-electron chi connectivity index (χ0n) is 13.1. The minimum Gasteiger partial charge on any atom is -0.386 e. The third-order valence-electron chi connectivity index (χ3n) is 4.51. The quantitative estimate of drug-likeness (QED) is 0.881. The van der Waals surface area contributed by atoms with Crippen molar-refractivity contribution in [3.8, 4) is 0 Å². The van der Waals surface area contributed by atoms with Gasteiger partial charge in [-0.15, -0.1) is 0 Å². The van der Waals surface area contributed by atoms with Crippen molar-refractivity contribution < 1.29 is 9.90 Å². The van der Waals surface area contributed by atoms with Crippen molar-refractivity contribution in [2.75, 3.05) is 31.6 Å². The lowest BCUT2D eigenvalue weighted by molar-refractivity contribution is -0.133. The van der Waals surface area contributed by atoms with Crippen molar-refractivity contribution in [1.29, 1.82) is 0 Å². The number of nitrogens with zero attached hydrogens (tertiary/aromatic N) is 4. The fourth-order valence-corrected chi connectivity index (χ4v) is 3.12. The Balaban J connectivity index is 1.60. The number of aromatic nitrogens is 2. The molecule has 0 bridgehead atoms. The SMILES string of the molecule is CN(C[C@@]1(O)CCCN(c2ncccn2)C1)C(=O)CC1CC1. The van der Waals surface area contributed by atoms with Crippen LogP contribution in [0.5, 0.6) is 0 Å². The summed E-state index contributed by atoms with van der Waals surface area (Å²) in [4.78, 5) is 24.3. The molecule has 6 nitrogen and oxygen atoms in total. The third-order valence-corrected chi connectivity index (χ3v) is 4.51. The lowest BCUT2D eigenvalue weighted by Crippen LogP contribution is -2.55. The lowest BCUT2D eigenvalue weighted by atomic mass is 9.92. The number of piperidine rings is 1. The molecule has 22 heavy (non-hydrogen) atoms. The van der Waals surface area contributed by atoms with Gasteiger partial charge in [-0.3, -0.25) is 4.79 Å². The van der Waals surface area contributed by atoms with Crippen molar-refractivity contribution in [2.45, 2.75) is 37.7 Å². The average Bonchev–Trinajstić information content (AvgIpc) is 3.31. The normalized spacial score (nSPS) is 25.1. The number of carbonyl (C=O) groups excluding carboxylic acids is 1. The Morgan fingerprint density at radius 1 is 1.45 bits per heavy atom. The second kappa shape index (κ2) is 6.20. The van der Waals surface area contributed by atoms with E-state index in [9.17, 15) is 9.90 Å². The van der Waals surface area contributed by atoms with Gasteiger partial charge in [0.1, 0.15) is 0 Å². The Bertz CT molecular complexity index is 520. The molecule has 0 radical (unpaired) electrons. The number of hydrogen-bond donors (Lipinski definition) is 1. The summed E-state index contributed by atoms with van der Waals surface area (Å²) in [5.41, 5.74) is -0.884. The molecule has 2 fully saturated rings. The fraction of sp³-hybridized carbons (Fsp3) is 0.688. The number of anilines is 1. The van der Waals surface area contributed by atoms with E-state index in [-0.39, 0.29) is 5.91 Å². The van der Waals surface area contributed by atoms with E-state index in [4.69, 9.17) is 0 Å². The van der Waals surface area contributed by atoms with Gasteiger partial charge < -0.3 is 14.9 Å². The summed E-state index contributed by atoms with van der Waals surface area (Å²) in [5.74, 6) is 1.36. The number of carbonyl (C=O) groups is 1. The van der Waals surface area contributed by atoms with Crippen LogP contribution in [-0.4, -0.2) is 58.2 Å². The van der Waals surface area contributed by atoms with Gasteiger partial charge in [-0.1, -0.05) is 0 Å². The molecular weight excluding hydrogens is 280 g/mol. The van der Waals surface area contributed by atoms with E-state index in [0.29, 0.717) is 37.8 Å². The molecule has 0 unspecified atom stereocenters. The molecule has 2 aliphatic rings. The minimum absolute atomic E-state index is 0.143. The zero-order valence-corrected chi connectivity index (χ0v) is 13.1. The monoisotopic (exact) mass is 304 g/mol. The maximum atomic E-state index is 12.1. The molecule has 1 atom stereocenters. The highest BCUT2D eigenvalue weighted by Crippen LogP contribution is 2.33. The molecule has 1 N–H and O–H groups in total. The second-order valence-electron chi connectivity index (χ2n) is 6.70. The van der Waals surface area contributed by atoms with E-state index >= 15 is 0 Å². The Morgan fingerprint density at radius 3 is 2.86 bits per heavy atom. The number of likely N-dealkylation sites (N-methyl/N-ethyl adjacent to an activating group) is 1. The highest BCUT2D eigenvalue weighted by Gasteiger charge is 2.37. The van der Waals surface area contributed by atoms with Gasteiger partial charge >= 0.3 is 0 Å². The first-order chi connectivity index (χ1) is 10.6. The number of hydrogen-bond acceptors (Lipinski definition) is 5. The first kappa shape index (κ1) is 15.2. The average molecular weight is 304 g/mol. The summed E-state index contributed by atoms with van der Waals surface area (Å²) >= 11 is 0. The van der Waals surface area contributed by atoms with E-state index in [2.05, 4.69) is 9.97 Å². The smallest absolute Gasteiger partial charge is 0.225 e. The summed E-state index contributed by atoms with van der Waals surface area (Å²) in [6.45, 7) is 1.69. The van der Waals surface area contributed by atoms with Gasteiger partial charge in [0.2, 0.25) is 11.9 Å². The Morgan fingerprint density at radius 2 is 2.18 bits per heavy atom. The molecule has 0 spiro atoms. The highest BCUT2D eigenvalue weighted by molar-refractivity contribution is 5.76. The Hall–Kier alpha value is -1.69. The topological polar surface area (TPSA) is 69.6 Å². The molecule has 6 heteroatoms. The summed E-state index contributed by atoms with van der Waals surface area (Å²) in [6, 6.07) is 1.78. The van der Waals surface area contributed by atoms with E-state index in [0.717, 1.165) is 13.0 Å². The van der Waals surface area contributed by atoms with Crippen LogP contribution >= 0.6 is 0 Å². The molecule has 3 rings (SSSR count). The predicted molar refractivity (Wildman–Crippen MR) is 83.4 cm³/mol. The highest BCUT2D eigenvalue weighted by atomic mass is 16.3. The van der Waals surface area contributed by atoms with Crippen LogP contribution in [0.25, 0.3) is 0 Å². The van der Waals surface area contributed by atoms with Gasteiger partial charge in [0.05, 0.1) is 18.7 Å². The third kappa shape index (κ3) is 3.74. The van der Waals surface area contributed by atoms with Crippen molar-refractivity contribution in [3.05, 3.63) is 18.5 Å². The van der Waals surface area contributed by atoms with Crippen LogP contribution in [0.2, 0.25) is 0 Å². The molecule has 1 aliphatic heterocycles. The van der Waals surface area contributed by atoms with Gasteiger partial charge in [0.25, 0.3) is 0 Å². The molecule has 1 saturated carbocycles. The van der Waals surface area contributed by atoms with Gasteiger partial charge in [-0.05, 0) is 37.7 Å². The van der Waals surface area contributed by atoms with E-state index in [1.54, 1.807) is 30.4 Å². The van der Waals surface area contributed by atoms with Crippen LogP contribution in [0.1, 0.15) is 32.1 Å². The number of rotatable bonds is 5. The molecule has 2 heterocycles.